The summed E-state index contributed by atoms with van der Waals surface area (Å²) in [7, 11) is 0. The van der Waals surface area contributed by atoms with Crippen LogP contribution in [0.2, 0.25) is 0 Å². The van der Waals surface area contributed by atoms with E-state index in [2.05, 4.69) is 32.0 Å². The van der Waals surface area contributed by atoms with Gasteiger partial charge in [-0.15, -0.1) is 0 Å². The van der Waals surface area contributed by atoms with Crippen molar-refractivity contribution in [1.29, 1.82) is 0 Å². The molecule has 4 heterocycles. The number of aromatic nitrogens is 3. The van der Waals surface area contributed by atoms with Crippen molar-refractivity contribution in [2.75, 3.05) is 25.4 Å². The van der Waals surface area contributed by atoms with E-state index in [0.717, 1.165) is 31.7 Å². The lowest BCUT2D eigenvalue weighted by atomic mass is 9.89. The van der Waals surface area contributed by atoms with Crippen LogP contribution in [0.4, 0.5) is 5.82 Å². The molecule has 2 aliphatic rings. The van der Waals surface area contributed by atoms with Gasteiger partial charge < -0.3 is 10.6 Å². The SMILES string of the molecule is Nc1ncccc1CN1C[C@H]2CN(C(=O)c3cnccn3)[C@H](c3ccccc3)[C@H]2C1. The topological polar surface area (TPSA) is 88.2 Å². The molecule has 30 heavy (non-hydrogen) atoms. The highest BCUT2D eigenvalue weighted by Gasteiger charge is 2.49. The van der Waals surface area contributed by atoms with Crippen molar-refractivity contribution in [1.82, 2.24) is 24.8 Å². The van der Waals surface area contributed by atoms with E-state index in [-0.39, 0.29) is 11.9 Å². The lowest BCUT2D eigenvalue weighted by Crippen LogP contribution is -2.36. The molecule has 0 unspecified atom stereocenters. The number of rotatable bonds is 4. The summed E-state index contributed by atoms with van der Waals surface area (Å²) < 4.78 is 0. The molecule has 0 spiro atoms. The molecule has 0 saturated carbocycles. The molecule has 3 aromatic rings. The van der Waals surface area contributed by atoms with Gasteiger partial charge in [-0.2, -0.15) is 0 Å². The van der Waals surface area contributed by atoms with Crippen molar-refractivity contribution < 1.29 is 4.79 Å². The Kier molecular flexibility index (Phi) is 4.88. The van der Waals surface area contributed by atoms with Crippen LogP contribution in [-0.4, -0.2) is 50.3 Å². The lowest BCUT2D eigenvalue weighted by Gasteiger charge is -2.29. The third kappa shape index (κ3) is 3.41. The molecular weight excluding hydrogens is 376 g/mol. The highest BCUT2D eigenvalue weighted by atomic mass is 16.2. The smallest absolute Gasteiger partial charge is 0.274 e. The number of carbonyl (C=O) groups is 1. The molecule has 2 aliphatic heterocycles. The van der Waals surface area contributed by atoms with Gasteiger partial charge in [0.25, 0.3) is 5.91 Å². The second-order valence-corrected chi connectivity index (χ2v) is 8.07. The van der Waals surface area contributed by atoms with Crippen LogP contribution in [0.25, 0.3) is 0 Å². The number of nitrogen functional groups attached to an aromatic ring is 1. The summed E-state index contributed by atoms with van der Waals surface area (Å²) in [5, 5.41) is 0. The maximum atomic E-state index is 13.3. The molecule has 0 aliphatic carbocycles. The van der Waals surface area contributed by atoms with E-state index in [1.54, 1.807) is 24.8 Å². The summed E-state index contributed by atoms with van der Waals surface area (Å²) >= 11 is 0. The van der Waals surface area contributed by atoms with Crippen LogP contribution in [0.5, 0.6) is 0 Å². The number of amides is 1. The standard InChI is InChI=1S/C23H24N6O/c24-22-17(7-4-8-27-22)12-28-13-18-14-29(23(30)20-11-25-9-10-26-20)21(19(18)15-28)16-5-2-1-3-6-16/h1-11,18-19,21H,12-15H2,(H2,24,27)/t18-,19-,21+/m0/s1. The summed E-state index contributed by atoms with van der Waals surface area (Å²) in [4.78, 5) is 30.2. The van der Waals surface area contributed by atoms with Crippen LogP contribution in [-0.2, 0) is 6.54 Å². The molecule has 3 atom stereocenters. The predicted molar refractivity (Wildman–Crippen MR) is 113 cm³/mol. The van der Waals surface area contributed by atoms with E-state index in [4.69, 9.17) is 5.73 Å². The second-order valence-electron chi connectivity index (χ2n) is 8.07. The molecular formula is C23H24N6O. The number of hydrogen-bond acceptors (Lipinski definition) is 6. The molecule has 5 rings (SSSR count). The molecule has 0 radical (unpaired) electrons. The molecule has 152 valence electrons. The van der Waals surface area contributed by atoms with Crippen LogP contribution in [0.1, 0.15) is 27.7 Å². The van der Waals surface area contributed by atoms with Crippen molar-refractivity contribution in [3.8, 4) is 0 Å². The van der Waals surface area contributed by atoms with E-state index in [1.807, 2.05) is 35.2 Å². The Morgan fingerprint density at radius 3 is 2.63 bits per heavy atom. The molecule has 7 nitrogen and oxygen atoms in total. The number of benzene rings is 1. The predicted octanol–water partition coefficient (Wildman–Crippen LogP) is 2.40. The first kappa shape index (κ1) is 18.7. The van der Waals surface area contributed by atoms with Gasteiger partial charge >= 0.3 is 0 Å². The zero-order valence-electron chi connectivity index (χ0n) is 16.6. The van der Waals surface area contributed by atoms with Gasteiger partial charge in [-0.05, 0) is 17.5 Å². The molecule has 0 bridgehead atoms. The summed E-state index contributed by atoms with van der Waals surface area (Å²) in [5.74, 6) is 1.32. The molecule has 2 aromatic heterocycles. The average molecular weight is 400 g/mol. The number of carbonyl (C=O) groups excluding carboxylic acids is 1. The Labute approximate surface area is 175 Å². The van der Waals surface area contributed by atoms with Gasteiger partial charge in [-0.3, -0.25) is 14.7 Å². The molecule has 2 fully saturated rings. The van der Waals surface area contributed by atoms with E-state index >= 15 is 0 Å². The van der Waals surface area contributed by atoms with Gasteiger partial charge in [0.1, 0.15) is 11.5 Å². The zero-order valence-corrected chi connectivity index (χ0v) is 16.6. The van der Waals surface area contributed by atoms with Gasteiger partial charge in [-0.1, -0.05) is 36.4 Å². The Balaban J connectivity index is 1.41. The highest BCUT2D eigenvalue weighted by Crippen LogP contribution is 2.45. The minimum absolute atomic E-state index is 0.0296. The molecule has 1 aromatic carbocycles. The number of likely N-dealkylation sites (tertiary alicyclic amines) is 2. The Morgan fingerprint density at radius 1 is 1.00 bits per heavy atom. The number of hydrogen-bond donors (Lipinski definition) is 1. The maximum Gasteiger partial charge on any atom is 0.274 e. The Hall–Kier alpha value is -3.32. The Bertz CT molecular complexity index is 1030. The number of nitrogens with two attached hydrogens (primary N) is 1. The van der Waals surface area contributed by atoms with Crippen LogP contribution in [0.15, 0.2) is 67.3 Å². The summed E-state index contributed by atoms with van der Waals surface area (Å²) in [6, 6.07) is 14.3. The van der Waals surface area contributed by atoms with Crippen molar-refractivity contribution in [3.05, 3.63) is 84.1 Å². The van der Waals surface area contributed by atoms with Crippen LogP contribution < -0.4 is 5.73 Å². The first-order valence-corrected chi connectivity index (χ1v) is 10.2. The molecule has 1 amide bonds. The van der Waals surface area contributed by atoms with Crippen LogP contribution in [0.3, 0.4) is 0 Å². The van der Waals surface area contributed by atoms with Gasteiger partial charge in [0.15, 0.2) is 0 Å². The number of anilines is 1. The first-order chi connectivity index (χ1) is 14.7. The van der Waals surface area contributed by atoms with E-state index in [9.17, 15) is 4.79 Å². The monoisotopic (exact) mass is 400 g/mol. The maximum absolute atomic E-state index is 13.3. The number of pyridine rings is 1. The third-order valence-electron chi connectivity index (χ3n) is 6.24. The first-order valence-electron chi connectivity index (χ1n) is 10.2. The summed E-state index contributed by atoms with van der Waals surface area (Å²) in [5.41, 5.74) is 8.68. The molecule has 2 N–H and O–H groups in total. The molecule has 2 saturated heterocycles. The average Bonchev–Trinajstić information content (AvgIpc) is 3.33. The van der Waals surface area contributed by atoms with Gasteiger partial charge in [0.05, 0.1) is 12.2 Å². The number of nitrogens with zero attached hydrogens (tertiary/aromatic N) is 5. The van der Waals surface area contributed by atoms with E-state index < -0.39 is 0 Å². The van der Waals surface area contributed by atoms with Crippen LogP contribution in [0, 0.1) is 11.8 Å². The lowest BCUT2D eigenvalue weighted by molar-refractivity contribution is 0.0693. The van der Waals surface area contributed by atoms with Gasteiger partial charge in [0, 0.05) is 56.3 Å². The van der Waals surface area contributed by atoms with Crippen molar-refractivity contribution in [2.45, 2.75) is 12.6 Å². The minimum atomic E-state index is -0.0468. The third-order valence-corrected chi connectivity index (χ3v) is 6.24. The minimum Gasteiger partial charge on any atom is -0.383 e. The quantitative estimate of drug-likeness (QED) is 0.724. The van der Waals surface area contributed by atoms with Gasteiger partial charge in [-0.25, -0.2) is 9.97 Å². The van der Waals surface area contributed by atoms with Crippen LogP contribution >= 0.6 is 0 Å². The van der Waals surface area contributed by atoms with Gasteiger partial charge in [0.2, 0.25) is 0 Å². The van der Waals surface area contributed by atoms with E-state index in [0.29, 0.717) is 23.3 Å². The largest absolute Gasteiger partial charge is 0.383 e. The van der Waals surface area contributed by atoms with E-state index in [1.165, 1.54) is 5.56 Å². The highest BCUT2D eigenvalue weighted by molar-refractivity contribution is 5.92. The summed E-state index contributed by atoms with van der Waals surface area (Å²) in [6.07, 6.45) is 6.43. The Morgan fingerprint density at radius 2 is 1.87 bits per heavy atom. The zero-order chi connectivity index (χ0) is 20.5. The number of fused-ring (bicyclic) bond motifs is 1. The second kappa shape index (κ2) is 7.84. The fourth-order valence-corrected chi connectivity index (χ4v) is 4.93. The fraction of sp³-hybridized carbons (Fsp3) is 0.304. The van der Waals surface area contributed by atoms with Crippen molar-refractivity contribution in [2.24, 2.45) is 11.8 Å². The summed E-state index contributed by atoms with van der Waals surface area (Å²) in [6.45, 7) is 3.36. The normalized spacial score (nSPS) is 23.5. The van der Waals surface area contributed by atoms with Crippen molar-refractivity contribution in [3.63, 3.8) is 0 Å². The fourth-order valence-electron chi connectivity index (χ4n) is 4.93. The van der Waals surface area contributed by atoms with Crippen molar-refractivity contribution >= 4 is 11.7 Å². The molecule has 7 heteroatoms.